The van der Waals surface area contributed by atoms with E-state index in [0.29, 0.717) is 23.1 Å². The monoisotopic (exact) mass is 534 g/mol. The van der Waals surface area contributed by atoms with Gasteiger partial charge in [-0.05, 0) is 49.6 Å². The zero-order chi connectivity index (χ0) is 27.3. The number of hydrogen-bond acceptors (Lipinski definition) is 5. The Hall–Kier alpha value is -3.26. The molecule has 0 saturated heterocycles. The first-order valence-electron chi connectivity index (χ1n) is 13.0. The van der Waals surface area contributed by atoms with Crippen LogP contribution in [0.1, 0.15) is 74.0 Å². The van der Waals surface area contributed by atoms with E-state index < -0.39 is 17.1 Å². The maximum absolute atomic E-state index is 15.2. The number of carbonyl (C=O) groups is 2. The van der Waals surface area contributed by atoms with Gasteiger partial charge in [0.1, 0.15) is 11.5 Å². The Bertz CT molecular complexity index is 1290. The predicted molar refractivity (Wildman–Crippen MR) is 152 cm³/mol. The van der Waals surface area contributed by atoms with Crippen LogP contribution in [0.5, 0.6) is 0 Å². The van der Waals surface area contributed by atoms with Crippen molar-refractivity contribution < 1.29 is 14.0 Å². The van der Waals surface area contributed by atoms with E-state index in [0.717, 1.165) is 36.9 Å². The first-order chi connectivity index (χ1) is 18.2. The Balaban J connectivity index is 1.61. The number of nitrogens with one attached hydrogen (secondary N) is 2. The molecule has 1 aromatic heterocycles. The van der Waals surface area contributed by atoms with Gasteiger partial charge in [-0.15, -0.1) is 0 Å². The van der Waals surface area contributed by atoms with Crippen LogP contribution >= 0.6 is 11.8 Å². The zero-order valence-electron chi connectivity index (χ0n) is 22.4. The lowest BCUT2D eigenvalue weighted by Gasteiger charge is -2.27. The predicted octanol–water partition coefficient (Wildman–Crippen LogP) is 6.59. The van der Waals surface area contributed by atoms with Crippen LogP contribution in [0, 0.1) is 11.2 Å². The Labute approximate surface area is 228 Å². The van der Waals surface area contributed by atoms with E-state index >= 15 is 4.39 Å². The number of anilines is 1. The highest BCUT2D eigenvalue weighted by Crippen LogP contribution is 2.37. The molecule has 3 aromatic rings. The third kappa shape index (κ3) is 6.78. The van der Waals surface area contributed by atoms with Gasteiger partial charge < -0.3 is 10.6 Å². The minimum Gasteiger partial charge on any atom is -0.348 e. The molecule has 2 aromatic carbocycles. The molecule has 38 heavy (non-hydrogen) atoms. The minimum absolute atomic E-state index is 0.0514. The molecule has 8 heteroatoms. The quantitative estimate of drug-likeness (QED) is 0.357. The SMILES string of the molecule is CS[C@H]1CC[C@@H](c2cnc(NC(=O)C(C)(C)C)c(-c3ccc(C(=O)NCc4ccccc4)c(F)c3)n2)CC1. The van der Waals surface area contributed by atoms with Crippen LogP contribution in [-0.4, -0.2) is 33.3 Å². The molecule has 200 valence electrons. The number of thioether (sulfide) groups is 1. The van der Waals surface area contributed by atoms with Gasteiger partial charge in [-0.25, -0.2) is 14.4 Å². The van der Waals surface area contributed by atoms with Gasteiger partial charge in [-0.2, -0.15) is 11.8 Å². The number of benzene rings is 2. The summed E-state index contributed by atoms with van der Waals surface area (Å²) in [5.74, 6) is -0.811. The molecule has 0 radical (unpaired) electrons. The summed E-state index contributed by atoms with van der Waals surface area (Å²) in [5, 5.41) is 6.30. The van der Waals surface area contributed by atoms with Gasteiger partial charge in [0.05, 0.1) is 17.5 Å². The summed E-state index contributed by atoms with van der Waals surface area (Å²) in [5.41, 5.74) is 1.94. The fraction of sp³-hybridized carbons (Fsp3) is 0.400. The number of nitrogens with zero attached hydrogens (tertiary/aromatic N) is 2. The van der Waals surface area contributed by atoms with Crippen LogP contribution in [0.2, 0.25) is 0 Å². The van der Waals surface area contributed by atoms with Crippen LogP contribution < -0.4 is 10.6 Å². The Morgan fingerprint density at radius 1 is 1.05 bits per heavy atom. The van der Waals surface area contributed by atoms with Crippen LogP contribution in [0.3, 0.4) is 0 Å². The first kappa shape index (κ1) is 27.8. The average molecular weight is 535 g/mol. The van der Waals surface area contributed by atoms with Crippen molar-refractivity contribution in [2.24, 2.45) is 5.41 Å². The largest absolute Gasteiger partial charge is 0.348 e. The first-order valence-corrected chi connectivity index (χ1v) is 14.3. The average Bonchev–Trinajstić information content (AvgIpc) is 2.92. The van der Waals surface area contributed by atoms with Crippen molar-refractivity contribution in [2.45, 2.75) is 64.2 Å². The van der Waals surface area contributed by atoms with E-state index in [4.69, 9.17) is 4.98 Å². The second-order valence-corrected chi connectivity index (χ2v) is 11.9. The summed E-state index contributed by atoms with van der Waals surface area (Å²) in [4.78, 5) is 34.9. The van der Waals surface area contributed by atoms with E-state index in [9.17, 15) is 9.59 Å². The lowest BCUT2D eigenvalue weighted by molar-refractivity contribution is -0.123. The maximum atomic E-state index is 15.2. The Morgan fingerprint density at radius 2 is 1.76 bits per heavy atom. The highest BCUT2D eigenvalue weighted by Gasteiger charge is 2.27. The van der Waals surface area contributed by atoms with E-state index in [1.165, 1.54) is 12.1 Å². The van der Waals surface area contributed by atoms with E-state index in [-0.39, 0.29) is 23.2 Å². The number of amides is 2. The smallest absolute Gasteiger partial charge is 0.254 e. The minimum atomic E-state index is -0.658. The topological polar surface area (TPSA) is 84.0 Å². The Morgan fingerprint density at radius 3 is 2.39 bits per heavy atom. The van der Waals surface area contributed by atoms with E-state index in [1.807, 2.05) is 62.9 Å². The number of carbonyl (C=O) groups excluding carboxylic acids is 2. The zero-order valence-corrected chi connectivity index (χ0v) is 23.2. The third-order valence-corrected chi connectivity index (χ3v) is 8.05. The van der Waals surface area contributed by atoms with Crippen molar-refractivity contribution in [3.8, 4) is 11.3 Å². The van der Waals surface area contributed by atoms with Crippen molar-refractivity contribution in [1.82, 2.24) is 15.3 Å². The molecule has 1 aliphatic carbocycles. The number of aromatic nitrogens is 2. The van der Waals surface area contributed by atoms with Crippen molar-refractivity contribution >= 4 is 29.4 Å². The van der Waals surface area contributed by atoms with Crippen LogP contribution in [0.4, 0.5) is 10.2 Å². The number of rotatable bonds is 7. The van der Waals surface area contributed by atoms with Gasteiger partial charge in [0.2, 0.25) is 5.91 Å². The fourth-order valence-electron chi connectivity index (χ4n) is 4.50. The molecule has 6 nitrogen and oxygen atoms in total. The highest BCUT2D eigenvalue weighted by atomic mass is 32.2. The second-order valence-electron chi connectivity index (χ2n) is 10.8. The summed E-state index contributed by atoms with van der Waals surface area (Å²) >= 11 is 1.90. The molecule has 0 atom stereocenters. The molecule has 1 heterocycles. The third-order valence-electron chi connectivity index (χ3n) is 6.91. The van der Waals surface area contributed by atoms with Crippen molar-refractivity contribution in [2.75, 3.05) is 11.6 Å². The van der Waals surface area contributed by atoms with E-state index in [1.54, 1.807) is 12.3 Å². The van der Waals surface area contributed by atoms with Gasteiger partial charge in [0, 0.05) is 28.7 Å². The van der Waals surface area contributed by atoms with Gasteiger partial charge >= 0.3 is 0 Å². The maximum Gasteiger partial charge on any atom is 0.254 e. The molecule has 1 fully saturated rings. The fourth-order valence-corrected chi connectivity index (χ4v) is 5.25. The molecule has 4 rings (SSSR count). The lowest BCUT2D eigenvalue weighted by Crippen LogP contribution is -2.28. The summed E-state index contributed by atoms with van der Waals surface area (Å²) in [6.07, 6.45) is 8.15. The van der Waals surface area contributed by atoms with E-state index in [2.05, 4.69) is 21.9 Å². The van der Waals surface area contributed by atoms with Crippen LogP contribution in [0.15, 0.2) is 54.7 Å². The summed E-state index contributed by atoms with van der Waals surface area (Å²) in [7, 11) is 0. The summed E-state index contributed by atoms with van der Waals surface area (Å²) < 4.78 is 15.2. The Kier molecular flexibility index (Phi) is 8.82. The number of halogens is 1. The van der Waals surface area contributed by atoms with Crippen molar-refractivity contribution in [1.29, 1.82) is 0 Å². The highest BCUT2D eigenvalue weighted by molar-refractivity contribution is 7.99. The standard InChI is InChI=1S/C30H35FN4O2S/c1-30(2,3)29(37)35-27-26(34-25(18-32-27)20-10-13-22(38-4)14-11-20)21-12-15-23(24(31)16-21)28(36)33-17-19-8-6-5-7-9-19/h5-9,12,15-16,18,20,22H,10-11,13-14,17H2,1-4H3,(H,33,36)(H,32,35,37)/t20-,22+. The molecule has 0 bridgehead atoms. The normalized spacial score (nSPS) is 17.6. The van der Waals surface area contributed by atoms with Gasteiger partial charge in [0.25, 0.3) is 5.91 Å². The van der Waals surface area contributed by atoms with Gasteiger partial charge in [0.15, 0.2) is 5.82 Å². The molecule has 1 aliphatic rings. The van der Waals surface area contributed by atoms with Gasteiger partial charge in [-0.1, -0.05) is 57.2 Å². The molecular formula is C30H35FN4O2S. The molecular weight excluding hydrogens is 499 g/mol. The number of hydrogen-bond donors (Lipinski definition) is 2. The molecule has 1 saturated carbocycles. The molecule has 0 spiro atoms. The molecule has 2 N–H and O–H groups in total. The lowest BCUT2D eigenvalue weighted by atomic mass is 9.86. The molecule has 0 aliphatic heterocycles. The van der Waals surface area contributed by atoms with Crippen molar-refractivity contribution in [3.63, 3.8) is 0 Å². The summed E-state index contributed by atoms with van der Waals surface area (Å²) in [6.45, 7) is 5.75. The van der Waals surface area contributed by atoms with Crippen molar-refractivity contribution in [3.05, 3.63) is 77.4 Å². The van der Waals surface area contributed by atoms with Crippen LogP contribution in [0.25, 0.3) is 11.3 Å². The molecule has 0 unspecified atom stereocenters. The second kappa shape index (κ2) is 12.1. The molecule has 2 amide bonds. The van der Waals surface area contributed by atoms with Crippen LogP contribution in [-0.2, 0) is 11.3 Å². The van der Waals surface area contributed by atoms with Gasteiger partial charge in [-0.3, -0.25) is 9.59 Å². The summed E-state index contributed by atoms with van der Waals surface area (Å²) in [6, 6.07) is 13.9.